The Morgan fingerprint density at radius 1 is 1.04 bits per heavy atom. The fourth-order valence-corrected chi connectivity index (χ4v) is 3.44. The number of rotatable bonds is 6. The van der Waals surface area contributed by atoms with Crippen LogP contribution in [0.4, 0.5) is 8.78 Å². The van der Waals surface area contributed by atoms with Gasteiger partial charge in [0.15, 0.2) is 0 Å². The largest absolute Gasteiger partial charge is 0.435 e. The fraction of sp³-hybridized carbons (Fsp3) is 0.368. The minimum absolute atomic E-state index is 0.192. The second-order valence-corrected chi connectivity index (χ2v) is 6.23. The molecule has 2 N–H and O–H groups in total. The Bertz CT molecular complexity index is 634. The molecule has 2 atom stereocenters. The maximum atomic E-state index is 12.2. The summed E-state index contributed by atoms with van der Waals surface area (Å²) in [4.78, 5) is 2.37. The van der Waals surface area contributed by atoms with E-state index in [1.807, 2.05) is 18.2 Å². The van der Waals surface area contributed by atoms with E-state index in [9.17, 15) is 8.78 Å². The van der Waals surface area contributed by atoms with Gasteiger partial charge in [-0.25, -0.2) is 0 Å². The van der Waals surface area contributed by atoms with Crippen LogP contribution in [0.2, 0.25) is 0 Å². The topological polar surface area (TPSA) is 38.5 Å². The van der Waals surface area contributed by atoms with Crippen LogP contribution in [0.25, 0.3) is 0 Å². The molecule has 1 saturated heterocycles. The summed E-state index contributed by atoms with van der Waals surface area (Å²) >= 11 is 0. The lowest BCUT2D eigenvalue weighted by molar-refractivity contribution is -0.0498. The molecule has 1 heterocycles. The predicted molar refractivity (Wildman–Crippen MR) is 90.1 cm³/mol. The minimum Gasteiger partial charge on any atom is -0.435 e. The van der Waals surface area contributed by atoms with Crippen LogP contribution in [0.15, 0.2) is 54.6 Å². The van der Waals surface area contributed by atoms with Crippen molar-refractivity contribution in [2.45, 2.75) is 19.1 Å². The first-order valence-electron chi connectivity index (χ1n) is 8.17. The predicted octanol–water partition coefficient (Wildman–Crippen LogP) is 3.46. The number of benzene rings is 2. The molecule has 1 aliphatic rings. The van der Waals surface area contributed by atoms with Crippen molar-refractivity contribution in [1.29, 1.82) is 0 Å². The van der Waals surface area contributed by atoms with Gasteiger partial charge in [0.1, 0.15) is 5.75 Å². The molecule has 2 aromatic carbocycles. The highest BCUT2D eigenvalue weighted by Crippen LogP contribution is 2.32. The lowest BCUT2D eigenvalue weighted by Crippen LogP contribution is -2.23. The van der Waals surface area contributed by atoms with Gasteiger partial charge in [0, 0.05) is 25.6 Å². The molecule has 5 heteroatoms. The van der Waals surface area contributed by atoms with Crippen LogP contribution in [0.5, 0.6) is 5.75 Å². The van der Waals surface area contributed by atoms with Gasteiger partial charge in [-0.05, 0) is 35.7 Å². The molecule has 1 aliphatic heterocycles. The van der Waals surface area contributed by atoms with Crippen molar-refractivity contribution in [2.24, 2.45) is 11.7 Å². The standard InChI is InChI=1S/C19H22F2N2O/c20-19(21)24-17-8-6-14(7-9-17)11-23-12-16(10-22)18(13-23)15-4-2-1-3-5-15/h1-9,16,18-19H,10-13,22H2/t16-,18+/m1/s1. The molecule has 0 spiro atoms. The maximum Gasteiger partial charge on any atom is 0.387 e. The molecule has 0 radical (unpaired) electrons. The number of hydrogen-bond acceptors (Lipinski definition) is 3. The van der Waals surface area contributed by atoms with E-state index in [0.717, 1.165) is 25.2 Å². The second kappa shape index (κ2) is 7.73. The van der Waals surface area contributed by atoms with Crippen LogP contribution in [0.3, 0.4) is 0 Å². The normalized spacial score (nSPS) is 21.3. The SMILES string of the molecule is NC[C@@H]1CN(Cc2ccc(OC(F)F)cc2)C[C@H]1c1ccccc1. The van der Waals surface area contributed by atoms with E-state index >= 15 is 0 Å². The molecule has 0 aliphatic carbocycles. The van der Waals surface area contributed by atoms with Gasteiger partial charge in [-0.15, -0.1) is 0 Å². The molecule has 1 fully saturated rings. The zero-order valence-corrected chi connectivity index (χ0v) is 13.4. The third kappa shape index (κ3) is 4.10. The highest BCUT2D eigenvalue weighted by atomic mass is 19.3. The first-order chi connectivity index (χ1) is 11.7. The van der Waals surface area contributed by atoms with Crippen LogP contribution in [0, 0.1) is 5.92 Å². The summed E-state index contributed by atoms with van der Waals surface area (Å²) < 4.78 is 28.8. The quantitative estimate of drug-likeness (QED) is 0.880. The lowest BCUT2D eigenvalue weighted by Gasteiger charge is -2.17. The first kappa shape index (κ1) is 16.9. The van der Waals surface area contributed by atoms with E-state index in [0.29, 0.717) is 18.4 Å². The van der Waals surface area contributed by atoms with Crippen molar-refractivity contribution < 1.29 is 13.5 Å². The third-order valence-electron chi connectivity index (χ3n) is 4.60. The number of hydrogen-bond donors (Lipinski definition) is 1. The average molecular weight is 332 g/mol. The number of nitrogens with two attached hydrogens (primary N) is 1. The van der Waals surface area contributed by atoms with Crippen molar-refractivity contribution in [3.8, 4) is 5.75 Å². The Hall–Kier alpha value is -1.98. The summed E-state index contributed by atoms with van der Waals surface area (Å²) in [6, 6.07) is 17.3. The molecule has 2 aromatic rings. The summed E-state index contributed by atoms with van der Waals surface area (Å²) in [6.45, 7) is 0.574. The summed E-state index contributed by atoms with van der Waals surface area (Å²) in [5.74, 6) is 1.07. The van der Waals surface area contributed by atoms with Crippen molar-refractivity contribution in [1.82, 2.24) is 4.90 Å². The molecule has 0 bridgehead atoms. The summed E-state index contributed by atoms with van der Waals surface area (Å²) in [6.07, 6.45) is 0. The van der Waals surface area contributed by atoms with Gasteiger partial charge >= 0.3 is 6.61 Å². The number of likely N-dealkylation sites (tertiary alicyclic amines) is 1. The maximum absolute atomic E-state index is 12.2. The number of ether oxygens (including phenoxy) is 1. The van der Waals surface area contributed by atoms with Gasteiger partial charge in [-0.2, -0.15) is 8.78 Å². The molecule has 0 unspecified atom stereocenters. The molecule has 3 rings (SSSR count). The molecule has 24 heavy (non-hydrogen) atoms. The van der Waals surface area contributed by atoms with E-state index in [4.69, 9.17) is 5.73 Å². The van der Waals surface area contributed by atoms with Crippen molar-refractivity contribution in [2.75, 3.05) is 19.6 Å². The van der Waals surface area contributed by atoms with Gasteiger partial charge < -0.3 is 10.5 Å². The van der Waals surface area contributed by atoms with Crippen LogP contribution in [-0.4, -0.2) is 31.1 Å². The summed E-state index contributed by atoms with van der Waals surface area (Å²) in [5.41, 5.74) is 8.38. The second-order valence-electron chi connectivity index (χ2n) is 6.23. The Labute approximate surface area is 141 Å². The number of halogens is 2. The van der Waals surface area contributed by atoms with E-state index < -0.39 is 6.61 Å². The van der Waals surface area contributed by atoms with Gasteiger partial charge in [0.05, 0.1) is 0 Å². The highest BCUT2D eigenvalue weighted by Gasteiger charge is 2.32. The first-order valence-corrected chi connectivity index (χ1v) is 8.17. The Morgan fingerprint density at radius 3 is 2.38 bits per heavy atom. The molecule has 0 aromatic heterocycles. The molecule has 3 nitrogen and oxygen atoms in total. The van der Waals surface area contributed by atoms with Gasteiger partial charge in [0.2, 0.25) is 0 Å². The highest BCUT2D eigenvalue weighted by molar-refractivity contribution is 5.28. The molecule has 128 valence electrons. The summed E-state index contributed by atoms with van der Waals surface area (Å²) in [5, 5.41) is 0. The van der Waals surface area contributed by atoms with Crippen molar-refractivity contribution in [3.63, 3.8) is 0 Å². The average Bonchev–Trinajstić information content (AvgIpc) is 3.00. The van der Waals surface area contributed by atoms with Crippen LogP contribution < -0.4 is 10.5 Å². The van der Waals surface area contributed by atoms with Crippen molar-refractivity contribution >= 4 is 0 Å². The molecule has 0 saturated carbocycles. The van der Waals surface area contributed by atoms with Gasteiger partial charge in [-0.1, -0.05) is 42.5 Å². The number of nitrogens with zero attached hydrogens (tertiary/aromatic N) is 1. The molecular weight excluding hydrogens is 310 g/mol. The lowest BCUT2D eigenvalue weighted by atomic mass is 9.89. The smallest absolute Gasteiger partial charge is 0.387 e. The van der Waals surface area contributed by atoms with Crippen molar-refractivity contribution in [3.05, 3.63) is 65.7 Å². The van der Waals surface area contributed by atoms with Crippen LogP contribution in [-0.2, 0) is 6.54 Å². The third-order valence-corrected chi connectivity index (χ3v) is 4.60. The Balaban J connectivity index is 1.64. The monoisotopic (exact) mass is 332 g/mol. The van der Waals surface area contributed by atoms with Gasteiger partial charge in [-0.3, -0.25) is 4.90 Å². The van der Waals surface area contributed by atoms with E-state index in [1.165, 1.54) is 5.56 Å². The van der Waals surface area contributed by atoms with Crippen LogP contribution >= 0.6 is 0 Å². The molecule has 0 amide bonds. The Kier molecular flexibility index (Phi) is 5.43. The minimum atomic E-state index is -2.79. The Morgan fingerprint density at radius 2 is 1.75 bits per heavy atom. The summed E-state index contributed by atoms with van der Waals surface area (Å²) in [7, 11) is 0. The van der Waals surface area contributed by atoms with E-state index in [1.54, 1.807) is 12.1 Å². The van der Waals surface area contributed by atoms with E-state index in [-0.39, 0.29) is 5.75 Å². The van der Waals surface area contributed by atoms with Gasteiger partial charge in [0.25, 0.3) is 0 Å². The fourth-order valence-electron chi connectivity index (χ4n) is 3.44. The zero-order valence-electron chi connectivity index (χ0n) is 13.4. The van der Waals surface area contributed by atoms with E-state index in [2.05, 4.69) is 33.9 Å². The van der Waals surface area contributed by atoms with Crippen LogP contribution in [0.1, 0.15) is 17.0 Å². The zero-order chi connectivity index (χ0) is 16.9. The number of alkyl halides is 2. The molecular formula is C19H22F2N2O.